The second-order valence-electron chi connectivity index (χ2n) is 5.20. The lowest BCUT2D eigenvalue weighted by atomic mass is 9.56. The highest BCUT2D eigenvalue weighted by molar-refractivity contribution is 14.1. The normalized spacial score (nSPS) is 66.0. The second-order valence-corrected chi connectivity index (χ2v) is 11.9. The van der Waals surface area contributed by atoms with Crippen LogP contribution in [0.2, 0.25) is 0 Å². The predicted octanol–water partition coefficient (Wildman–Crippen LogP) is 4.77. The molecule has 14 heavy (non-hydrogen) atoms. The summed E-state index contributed by atoms with van der Waals surface area (Å²) >= 11 is 11.1. The summed E-state index contributed by atoms with van der Waals surface area (Å²) in [5, 5.41) is 0. The van der Waals surface area contributed by atoms with Gasteiger partial charge in [0.2, 0.25) is 0 Å². The van der Waals surface area contributed by atoms with E-state index in [0.717, 1.165) is 19.7 Å². The Balaban J connectivity index is 2.06. The number of hydrogen-bond donors (Lipinski definition) is 0. The van der Waals surface area contributed by atoms with E-state index in [0.29, 0.717) is 6.84 Å². The highest BCUT2D eigenvalue weighted by Gasteiger charge is 2.65. The van der Waals surface area contributed by atoms with E-state index in [-0.39, 0.29) is 0 Å². The lowest BCUT2D eigenvalue weighted by molar-refractivity contribution is 0.0956. The Morgan fingerprint density at radius 1 is 1.00 bits per heavy atom. The van der Waals surface area contributed by atoms with Crippen LogP contribution in [-0.4, -0.2) is 14.7 Å². The predicted molar refractivity (Wildman–Crippen MR) is 94.6 cm³/mol. The standard InChI is InChI=1S/C10H12I4/c11-7-6-1-5-2-9(13,4-6)8(12)10(7,14)3-5/h5-8H,1-4H2. The van der Waals surface area contributed by atoms with E-state index in [2.05, 4.69) is 90.4 Å². The third-order valence-corrected chi connectivity index (χ3v) is 15.5. The van der Waals surface area contributed by atoms with Crippen LogP contribution in [0, 0.1) is 11.8 Å². The van der Waals surface area contributed by atoms with Crippen LogP contribution in [0.1, 0.15) is 25.7 Å². The fraction of sp³-hybridized carbons (Fsp3) is 1.00. The SMILES string of the molecule is IC1C2CC3CC(I)(C2)C(I)C1(I)C3. The highest BCUT2D eigenvalue weighted by Crippen LogP contribution is 2.67. The van der Waals surface area contributed by atoms with Crippen LogP contribution in [0.4, 0.5) is 0 Å². The molecule has 4 saturated carbocycles. The number of hydrogen-bond acceptors (Lipinski definition) is 0. The molecule has 0 N–H and O–H groups in total. The summed E-state index contributed by atoms with van der Waals surface area (Å²) < 4.78 is 3.09. The first kappa shape index (κ1) is 12.0. The van der Waals surface area contributed by atoms with E-state index in [9.17, 15) is 0 Å². The van der Waals surface area contributed by atoms with Crippen molar-refractivity contribution in [3.05, 3.63) is 0 Å². The van der Waals surface area contributed by atoms with E-state index < -0.39 is 0 Å². The van der Waals surface area contributed by atoms with Crippen LogP contribution in [0.5, 0.6) is 0 Å². The van der Waals surface area contributed by atoms with Gasteiger partial charge in [0.1, 0.15) is 0 Å². The third kappa shape index (κ3) is 1.50. The minimum absolute atomic E-state index is 0.615. The van der Waals surface area contributed by atoms with Crippen molar-refractivity contribution in [2.45, 2.75) is 40.4 Å². The molecule has 4 bridgehead atoms. The Labute approximate surface area is 140 Å². The monoisotopic (exact) mass is 640 g/mol. The number of alkyl halides is 4. The largest absolute Gasteiger partial charge is 0.0808 e. The van der Waals surface area contributed by atoms with Crippen molar-refractivity contribution in [3.8, 4) is 0 Å². The van der Waals surface area contributed by atoms with Gasteiger partial charge in [-0.15, -0.1) is 0 Å². The Hall–Kier alpha value is 2.92. The van der Waals surface area contributed by atoms with Gasteiger partial charge in [-0.25, -0.2) is 0 Å². The van der Waals surface area contributed by atoms with Crippen molar-refractivity contribution in [1.82, 2.24) is 0 Å². The van der Waals surface area contributed by atoms with E-state index in [4.69, 9.17) is 0 Å². The Kier molecular flexibility index (Phi) is 3.17. The molecule has 4 heteroatoms. The minimum Gasteiger partial charge on any atom is -0.0808 e. The van der Waals surface area contributed by atoms with Crippen molar-refractivity contribution in [2.75, 3.05) is 0 Å². The minimum atomic E-state index is 0.615. The molecule has 4 rings (SSSR count). The van der Waals surface area contributed by atoms with Crippen LogP contribution in [0.15, 0.2) is 0 Å². The van der Waals surface area contributed by atoms with Crippen molar-refractivity contribution in [2.24, 2.45) is 11.8 Å². The van der Waals surface area contributed by atoms with Gasteiger partial charge in [-0.3, -0.25) is 0 Å². The average Bonchev–Trinajstić information content (AvgIpc) is 2.10. The molecular formula is C10H12I4. The van der Waals surface area contributed by atoms with Crippen LogP contribution in [0.3, 0.4) is 0 Å². The fourth-order valence-electron chi connectivity index (χ4n) is 3.80. The van der Waals surface area contributed by atoms with Crippen molar-refractivity contribution >= 4 is 90.4 Å². The Morgan fingerprint density at radius 3 is 2.43 bits per heavy atom. The lowest BCUT2D eigenvalue weighted by Gasteiger charge is -2.63. The molecule has 4 aliphatic carbocycles. The molecule has 0 saturated heterocycles. The zero-order valence-electron chi connectivity index (χ0n) is 7.65. The molecule has 0 spiro atoms. The smallest absolute Gasteiger partial charge is 0.0475 e. The maximum absolute atomic E-state index is 2.81. The fourth-order valence-corrected chi connectivity index (χ4v) is 10.9. The summed E-state index contributed by atoms with van der Waals surface area (Å²) in [4.78, 5) is 0. The highest BCUT2D eigenvalue weighted by atomic mass is 127. The average molecular weight is 640 g/mol. The molecule has 4 aliphatic rings. The first-order chi connectivity index (χ1) is 6.46. The summed E-state index contributed by atoms with van der Waals surface area (Å²) in [6.07, 6.45) is 6.03. The molecular weight excluding hydrogens is 628 g/mol. The molecule has 0 aromatic rings. The Morgan fingerprint density at radius 2 is 1.71 bits per heavy atom. The van der Waals surface area contributed by atoms with Crippen LogP contribution in [0.25, 0.3) is 0 Å². The van der Waals surface area contributed by atoms with Gasteiger partial charge in [0.25, 0.3) is 0 Å². The van der Waals surface area contributed by atoms with Gasteiger partial charge in [0, 0.05) is 14.7 Å². The molecule has 0 amide bonds. The Bertz CT molecular complexity index is 281. The molecule has 0 nitrogen and oxygen atoms in total. The quantitative estimate of drug-likeness (QED) is 0.265. The van der Waals surface area contributed by atoms with Crippen LogP contribution in [-0.2, 0) is 0 Å². The topological polar surface area (TPSA) is 0 Å². The van der Waals surface area contributed by atoms with Gasteiger partial charge in [-0.2, -0.15) is 0 Å². The molecule has 4 fully saturated rings. The summed E-state index contributed by atoms with van der Waals surface area (Å²) in [6, 6.07) is 0. The van der Waals surface area contributed by atoms with E-state index in [1.165, 1.54) is 25.7 Å². The van der Waals surface area contributed by atoms with Gasteiger partial charge in [0.05, 0.1) is 0 Å². The maximum Gasteiger partial charge on any atom is 0.0475 e. The van der Waals surface area contributed by atoms with Gasteiger partial charge < -0.3 is 0 Å². The van der Waals surface area contributed by atoms with Crippen molar-refractivity contribution < 1.29 is 0 Å². The molecule has 80 valence electrons. The van der Waals surface area contributed by atoms with Crippen molar-refractivity contribution in [3.63, 3.8) is 0 Å². The number of halogens is 4. The van der Waals surface area contributed by atoms with Crippen LogP contribution >= 0.6 is 90.4 Å². The third-order valence-electron chi connectivity index (χ3n) is 4.22. The molecule has 0 aliphatic heterocycles. The van der Waals surface area contributed by atoms with Gasteiger partial charge in [0.15, 0.2) is 0 Å². The van der Waals surface area contributed by atoms with Crippen molar-refractivity contribution in [1.29, 1.82) is 0 Å². The first-order valence-electron chi connectivity index (χ1n) is 5.12. The van der Waals surface area contributed by atoms with E-state index >= 15 is 0 Å². The molecule has 6 unspecified atom stereocenters. The summed E-state index contributed by atoms with van der Waals surface area (Å²) in [5.74, 6) is 2.09. The molecule has 0 aromatic heterocycles. The van der Waals surface area contributed by atoms with E-state index in [1.54, 1.807) is 0 Å². The van der Waals surface area contributed by atoms with Gasteiger partial charge in [-0.1, -0.05) is 90.4 Å². The van der Waals surface area contributed by atoms with Gasteiger partial charge in [-0.05, 0) is 37.5 Å². The second kappa shape index (κ2) is 3.71. The summed E-state index contributed by atoms with van der Waals surface area (Å²) in [5.41, 5.74) is 0. The zero-order valence-corrected chi connectivity index (χ0v) is 16.3. The summed E-state index contributed by atoms with van der Waals surface area (Å²) in [7, 11) is 0. The summed E-state index contributed by atoms with van der Waals surface area (Å²) in [6.45, 7) is 0. The molecule has 0 aromatic carbocycles. The van der Waals surface area contributed by atoms with E-state index in [1.807, 2.05) is 0 Å². The van der Waals surface area contributed by atoms with Crippen LogP contribution < -0.4 is 0 Å². The lowest BCUT2D eigenvalue weighted by Crippen LogP contribution is -2.66. The molecule has 6 atom stereocenters. The maximum atomic E-state index is 2.81. The zero-order chi connectivity index (χ0) is 10.1. The molecule has 0 radical (unpaired) electrons. The van der Waals surface area contributed by atoms with Gasteiger partial charge >= 0.3 is 0 Å². The molecule has 0 heterocycles. The first-order valence-corrected chi connectivity index (χ1v) is 9.76. The number of rotatable bonds is 0.